The highest BCUT2D eigenvalue weighted by Gasteiger charge is 2.28. The van der Waals surface area contributed by atoms with E-state index in [4.69, 9.17) is 10.4 Å². The van der Waals surface area contributed by atoms with Crippen molar-refractivity contribution >= 4 is 16.0 Å². The molecule has 0 fully saturated rings. The van der Waals surface area contributed by atoms with Crippen LogP contribution in [0, 0.1) is 34.8 Å². The summed E-state index contributed by atoms with van der Waals surface area (Å²) in [6.45, 7) is 2.65. The van der Waals surface area contributed by atoms with E-state index in [2.05, 4.69) is 0 Å². The summed E-state index contributed by atoms with van der Waals surface area (Å²) < 4.78 is 53.2. The highest BCUT2D eigenvalue weighted by molar-refractivity contribution is 7.89. The molecule has 1 atom stereocenters. The van der Waals surface area contributed by atoms with Gasteiger partial charge in [0.2, 0.25) is 10.0 Å². The van der Waals surface area contributed by atoms with Gasteiger partial charge in [0.15, 0.2) is 4.90 Å². The molecule has 0 aliphatic carbocycles. The lowest BCUT2D eigenvalue weighted by molar-refractivity contribution is -0.142. The monoisotopic (exact) mass is 332 g/mol. The number of nitriles is 1. The van der Waals surface area contributed by atoms with E-state index in [1.54, 1.807) is 13.8 Å². The zero-order chi connectivity index (χ0) is 17.1. The van der Waals surface area contributed by atoms with Crippen LogP contribution in [0.2, 0.25) is 0 Å². The van der Waals surface area contributed by atoms with E-state index < -0.39 is 45.0 Å². The van der Waals surface area contributed by atoms with Crippen LogP contribution in [0.25, 0.3) is 0 Å². The first-order chi connectivity index (χ1) is 10.1. The second-order valence-electron chi connectivity index (χ2n) is 4.92. The molecule has 22 heavy (non-hydrogen) atoms. The lowest BCUT2D eigenvalue weighted by atomic mass is 9.97. The second kappa shape index (κ2) is 6.81. The van der Waals surface area contributed by atoms with E-state index in [-0.39, 0.29) is 11.5 Å². The van der Waals surface area contributed by atoms with Gasteiger partial charge in [-0.2, -0.15) is 5.26 Å². The maximum Gasteiger partial charge on any atom is 0.308 e. The standard InChI is InChI=1S/C13H14F2N2O4S/c1-7(2)9(13(18)19)6-17-22(20,21)12-10(14)3-8(5-16)4-11(12)15/h3-4,7,9,17H,6H2,1-2H3,(H,18,19). The molecule has 2 N–H and O–H groups in total. The van der Waals surface area contributed by atoms with Gasteiger partial charge in [0.25, 0.3) is 0 Å². The number of hydrogen-bond acceptors (Lipinski definition) is 4. The summed E-state index contributed by atoms with van der Waals surface area (Å²) in [6, 6.07) is 2.68. The fraction of sp³-hybridized carbons (Fsp3) is 0.385. The van der Waals surface area contributed by atoms with Crippen LogP contribution in [-0.4, -0.2) is 26.0 Å². The van der Waals surface area contributed by atoms with E-state index in [0.717, 1.165) is 0 Å². The van der Waals surface area contributed by atoms with E-state index >= 15 is 0 Å². The SMILES string of the molecule is CC(C)C(CNS(=O)(=O)c1c(F)cc(C#N)cc1F)C(=O)O. The molecule has 1 aromatic rings. The molecular formula is C13H14F2N2O4S. The molecule has 0 heterocycles. The van der Waals surface area contributed by atoms with Gasteiger partial charge in [-0.1, -0.05) is 13.8 Å². The van der Waals surface area contributed by atoms with Crippen LogP contribution in [0.4, 0.5) is 8.78 Å². The Morgan fingerprint density at radius 2 is 1.86 bits per heavy atom. The minimum absolute atomic E-state index is 0.362. The Balaban J connectivity index is 3.11. The molecule has 0 aromatic heterocycles. The Morgan fingerprint density at radius 3 is 2.23 bits per heavy atom. The summed E-state index contributed by atoms with van der Waals surface area (Å²) in [5.74, 6) is -5.48. The summed E-state index contributed by atoms with van der Waals surface area (Å²) >= 11 is 0. The highest BCUT2D eigenvalue weighted by Crippen LogP contribution is 2.21. The molecule has 0 bridgehead atoms. The number of benzene rings is 1. The van der Waals surface area contributed by atoms with Crippen molar-refractivity contribution in [2.24, 2.45) is 11.8 Å². The third-order valence-corrected chi connectivity index (χ3v) is 4.49. The Bertz CT molecular complexity index is 703. The average Bonchev–Trinajstić information content (AvgIpc) is 2.36. The largest absolute Gasteiger partial charge is 0.481 e. The first-order valence-corrected chi connectivity index (χ1v) is 7.70. The summed E-state index contributed by atoms with van der Waals surface area (Å²) in [4.78, 5) is 9.76. The number of carboxylic acid groups (broad SMARTS) is 1. The van der Waals surface area contributed by atoms with E-state index in [9.17, 15) is 22.0 Å². The quantitative estimate of drug-likeness (QED) is 0.820. The molecule has 1 unspecified atom stereocenters. The molecule has 9 heteroatoms. The number of nitrogens with one attached hydrogen (secondary N) is 1. The van der Waals surface area contributed by atoms with Crippen LogP contribution in [0.1, 0.15) is 19.4 Å². The van der Waals surface area contributed by atoms with Crippen molar-refractivity contribution in [3.05, 3.63) is 29.3 Å². The normalized spacial score (nSPS) is 12.9. The predicted molar refractivity (Wildman–Crippen MR) is 72.2 cm³/mol. The maximum absolute atomic E-state index is 13.7. The molecule has 0 radical (unpaired) electrons. The lowest BCUT2D eigenvalue weighted by Crippen LogP contribution is -2.36. The van der Waals surface area contributed by atoms with Gasteiger partial charge in [-0.15, -0.1) is 0 Å². The van der Waals surface area contributed by atoms with Crippen molar-refractivity contribution in [1.82, 2.24) is 4.72 Å². The molecule has 0 spiro atoms. The maximum atomic E-state index is 13.7. The van der Waals surface area contributed by atoms with E-state index in [0.29, 0.717) is 12.1 Å². The lowest BCUT2D eigenvalue weighted by Gasteiger charge is -2.17. The first-order valence-electron chi connectivity index (χ1n) is 6.21. The third kappa shape index (κ3) is 3.99. The van der Waals surface area contributed by atoms with Crippen LogP contribution in [0.15, 0.2) is 17.0 Å². The van der Waals surface area contributed by atoms with Gasteiger partial charge in [0.1, 0.15) is 11.6 Å². The molecule has 0 aliphatic heterocycles. The van der Waals surface area contributed by atoms with Gasteiger partial charge >= 0.3 is 5.97 Å². The first kappa shape index (κ1) is 18.0. The van der Waals surface area contributed by atoms with Crippen LogP contribution < -0.4 is 4.72 Å². The number of halogens is 2. The van der Waals surface area contributed by atoms with Crippen LogP contribution in [0.3, 0.4) is 0 Å². The molecule has 120 valence electrons. The van der Waals surface area contributed by atoms with Crippen LogP contribution >= 0.6 is 0 Å². The van der Waals surface area contributed by atoms with Gasteiger partial charge in [-0.3, -0.25) is 4.79 Å². The Kier molecular flexibility index (Phi) is 5.57. The minimum Gasteiger partial charge on any atom is -0.481 e. The van der Waals surface area contributed by atoms with E-state index in [1.165, 1.54) is 6.07 Å². The summed E-state index contributed by atoms with van der Waals surface area (Å²) in [6.07, 6.45) is 0. The Labute approximate surface area is 126 Å². The number of nitrogens with zero attached hydrogens (tertiary/aromatic N) is 1. The Hall–Kier alpha value is -2.05. The number of carbonyl (C=O) groups is 1. The average molecular weight is 332 g/mol. The number of sulfonamides is 1. The second-order valence-corrected chi connectivity index (χ2v) is 6.63. The van der Waals surface area contributed by atoms with Gasteiger partial charge in [0, 0.05) is 6.54 Å². The molecule has 0 aliphatic rings. The third-order valence-electron chi connectivity index (χ3n) is 3.01. The van der Waals surface area contributed by atoms with Crippen molar-refractivity contribution in [2.45, 2.75) is 18.7 Å². The Morgan fingerprint density at radius 1 is 1.36 bits per heavy atom. The van der Waals surface area contributed by atoms with Gasteiger partial charge in [-0.05, 0) is 18.1 Å². The van der Waals surface area contributed by atoms with Crippen molar-refractivity contribution in [3.63, 3.8) is 0 Å². The molecule has 0 saturated carbocycles. The molecule has 1 aromatic carbocycles. The number of hydrogen-bond donors (Lipinski definition) is 2. The van der Waals surface area contributed by atoms with Gasteiger partial charge in [-0.25, -0.2) is 21.9 Å². The zero-order valence-corrected chi connectivity index (χ0v) is 12.6. The summed E-state index contributed by atoms with van der Waals surface area (Å²) in [5, 5.41) is 17.5. The fourth-order valence-corrected chi connectivity index (χ4v) is 2.94. The number of aliphatic carboxylic acids is 1. The smallest absolute Gasteiger partial charge is 0.308 e. The molecule has 6 nitrogen and oxygen atoms in total. The molecule has 1 rings (SSSR count). The molecule has 0 saturated heterocycles. The van der Waals surface area contributed by atoms with Gasteiger partial charge < -0.3 is 5.11 Å². The highest BCUT2D eigenvalue weighted by atomic mass is 32.2. The van der Waals surface area contributed by atoms with Crippen LogP contribution in [0.5, 0.6) is 0 Å². The predicted octanol–water partition coefficient (Wildman–Crippen LogP) is 1.47. The fourth-order valence-electron chi connectivity index (χ4n) is 1.76. The van der Waals surface area contributed by atoms with E-state index in [1.807, 2.05) is 4.72 Å². The topological polar surface area (TPSA) is 107 Å². The van der Waals surface area contributed by atoms with Crippen molar-refractivity contribution in [1.29, 1.82) is 5.26 Å². The number of rotatable bonds is 6. The zero-order valence-electron chi connectivity index (χ0n) is 11.8. The summed E-state index contributed by atoms with van der Waals surface area (Å²) in [5.41, 5.74) is -0.362. The number of carboxylic acids is 1. The van der Waals surface area contributed by atoms with Gasteiger partial charge in [0.05, 0.1) is 17.6 Å². The minimum atomic E-state index is -4.58. The molecule has 0 amide bonds. The van der Waals surface area contributed by atoms with Crippen molar-refractivity contribution < 1.29 is 27.1 Å². The molecular weight excluding hydrogens is 318 g/mol. The van der Waals surface area contributed by atoms with Crippen LogP contribution in [-0.2, 0) is 14.8 Å². The van der Waals surface area contributed by atoms with Crippen molar-refractivity contribution in [3.8, 4) is 6.07 Å². The van der Waals surface area contributed by atoms with Crippen molar-refractivity contribution in [2.75, 3.05) is 6.54 Å². The summed E-state index contributed by atoms with van der Waals surface area (Å²) in [7, 11) is -4.58.